The SMILES string of the molecule is CCCCCCCC(C)NC(C)C1CCCCC1. The fourth-order valence-electron chi connectivity index (χ4n) is 3.36. The predicted octanol–water partition coefficient (Wildman–Crippen LogP) is 5.29. The van der Waals surface area contributed by atoms with E-state index in [-0.39, 0.29) is 0 Å². The first-order valence-corrected chi connectivity index (χ1v) is 8.50. The first kappa shape index (κ1) is 16.0. The van der Waals surface area contributed by atoms with Gasteiger partial charge in [0.05, 0.1) is 0 Å². The Morgan fingerprint density at radius 2 is 1.61 bits per heavy atom. The van der Waals surface area contributed by atoms with Crippen molar-refractivity contribution < 1.29 is 0 Å². The molecule has 108 valence electrons. The molecule has 0 radical (unpaired) electrons. The van der Waals surface area contributed by atoms with Gasteiger partial charge in [-0.05, 0) is 39.0 Å². The molecule has 0 aromatic carbocycles. The summed E-state index contributed by atoms with van der Waals surface area (Å²) in [6, 6.07) is 1.44. The first-order valence-electron chi connectivity index (χ1n) is 8.50. The molecule has 0 aliphatic heterocycles. The quantitative estimate of drug-likeness (QED) is 0.550. The first-order chi connectivity index (χ1) is 8.74. The van der Waals surface area contributed by atoms with Crippen LogP contribution in [0.2, 0.25) is 0 Å². The molecule has 0 amide bonds. The minimum absolute atomic E-state index is 0.712. The second-order valence-electron chi connectivity index (χ2n) is 6.46. The van der Waals surface area contributed by atoms with Gasteiger partial charge in [-0.15, -0.1) is 0 Å². The molecule has 0 aromatic rings. The van der Waals surface area contributed by atoms with Crippen LogP contribution in [0.3, 0.4) is 0 Å². The van der Waals surface area contributed by atoms with Crippen LogP contribution in [0.15, 0.2) is 0 Å². The van der Waals surface area contributed by atoms with E-state index in [0.29, 0.717) is 6.04 Å². The summed E-state index contributed by atoms with van der Waals surface area (Å²) < 4.78 is 0. The van der Waals surface area contributed by atoms with E-state index in [4.69, 9.17) is 0 Å². The van der Waals surface area contributed by atoms with Crippen LogP contribution in [0.4, 0.5) is 0 Å². The summed E-state index contributed by atoms with van der Waals surface area (Å²) in [6.07, 6.45) is 15.7. The molecule has 0 heterocycles. The summed E-state index contributed by atoms with van der Waals surface area (Å²) in [7, 11) is 0. The van der Waals surface area contributed by atoms with Crippen molar-refractivity contribution in [1.29, 1.82) is 0 Å². The predicted molar refractivity (Wildman–Crippen MR) is 82.0 cm³/mol. The highest BCUT2D eigenvalue weighted by atomic mass is 14.9. The molecule has 1 heteroatoms. The average Bonchev–Trinajstić information content (AvgIpc) is 2.39. The molecule has 0 saturated heterocycles. The lowest BCUT2D eigenvalue weighted by Gasteiger charge is -2.30. The topological polar surface area (TPSA) is 12.0 Å². The lowest BCUT2D eigenvalue weighted by atomic mass is 9.84. The zero-order valence-corrected chi connectivity index (χ0v) is 13.0. The molecule has 2 unspecified atom stereocenters. The van der Waals surface area contributed by atoms with Gasteiger partial charge in [-0.3, -0.25) is 0 Å². The van der Waals surface area contributed by atoms with Gasteiger partial charge in [-0.25, -0.2) is 0 Å². The van der Waals surface area contributed by atoms with Crippen LogP contribution >= 0.6 is 0 Å². The maximum atomic E-state index is 3.84. The van der Waals surface area contributed by atoms with Gasteiger partial charge in [0.1, 0.15) is 0 Å². The third-order valence-electron chi connectivity index (χ3n) is 4.65. The standard InChI is InChI=1S/C17H35N/c1-4-5-6-7-9-12-15(2)18-16(3)17-13-10-8-11-14-17/h15-18H,4-14H2,1-3H3. The monoisotopic (exact) mass is 253 g/mol. The van der Waals surface area contributed by atoms with Crippen molar-refractivity contribution >= 4 is 0 Å². The highest BCUT2D eigenvalue weighted by Crippen LogP contribution is 2.26. The largest absolute Gasteiger partial charge is 0.312 e. The second-order valence-corrected chi connectivity index (χ2v) is 6.46. The number of hydrogen-bond acceptors (Lipinski definition) is 1. The Bertz CT molecular complexity index is 184. The van der Waals surface area contributed by atoms with Crippen molar-refractivity contribution in [3.8, 4) is 0 Å². The highest BCUT2D eigenvalue weighted by molar-refractivity contribution is 4.78. The molecule has 1 saturated carbocycles. The van der Waals surface area contributed by atoms with Crippen LogP contribution in [0.5, 0.6) is 0 Å². The second kappa shape index (κ2) is 9.83. The molecule has 1 aliphatic carbocycles. The molecule has 1 nitrogen and oxygen atoms in total. The summed E-state index contributed by atoms with van der Waals surface area (Å²) in [5.41, 5.74) is 0. The summed E-state index contributed by atoms with van der Waals surface area (Å²) in [4.78, 5) is 0. The van der Waals surface area contributed by atoms with Crippen molar-refractivity contribution in [1.82, 2.24) is 5.32 Å². The highest BCUT2D eigenvalue weighted by Gasteiger charge is 2.20. The van der Waals surface area contributed by atoms with Crippen LogP contribution in [-0.4, -0.2) is 12.1 Å². The average molecular weight is 253 g/mol. The van der Waals surface area contributed by atoms with Crippen molar-refractivity contribution in [2.75, 3.05) is 0 Å². The fraction of sp³-hybridized carbons (Fsp3) is 1.00. The van der Waals surface area contributed by atoms with E-state index in [0.717, 1.165) is 12.0 Å². The lowest BCUT2D eigenvalue weighted by Crippen LogP contribution is -2.40. The summed E-state index contributed by atoms with van der Waals surface area (Å²) in [6.45, 7) is 7.07. The van der Waals surface area contributed by atoms with E-state index >= 15 is 0 Å². The Morgan fingerprint density at radius 1 is 0.944 bits per heavy atom. The minimum Gasteiger partial charge on any atom is -0.312 e. The normalized spacial score (nSPS) is 20.8. The summed E-state index contributed by atoms with van der Waals surface area (Å²) in [5.74, 6) is 0.946. The Hall–Kier alpha value is -0.0400. The van der Waals surface area contributed by atoms with Crippen molar-refractivity contribution in [2.24, 2.45) is 5.92 Å². The Morgan fingerprint density at radius 3 is 2.28 bits per heavy atom. The van der Waals surface area contributed by atoms with E-state index in [1.54, 1.807) is 0 Å². The van der Waals surface area contributed by atoms with Crippen LogP contribution < -0.4 is 5.32 Å². The third kappa shape index (κ3) is 6.78. The minimum atomic E-state index is 0.712. The van der Waals surface area contributed by atoms with Crippen molar-refractivity contribution in [3.05, 3.63) is 0 Å². The number of hydrogen-bond donors (Lipinski definition) is 1. The molecule has 1 aliphatic rings. The molecule has 0 bridgehead atoms. The van der Waals surface area contributed by atoms with Crippen LogP contribution in [0, 0.1) is 5.92 Å². The van der Waals surface area contributed by atoms with Gasteiger partial charge >= 0.3 is 0 Å². The van der Waals surface area contributed by atoms with E-state index < -0.39 is 0 Å². The number of unbranched alkanes of at least 4 members (excludes halogenated alkanes) is 4. The maximum absolute atomic E-state index is 3.84. The van der Waals surface area contributed by atoms with Gasteiger partial charge in [-0.1, -0.05) is 58.3 Å². The van der Waals surface area contributed by atoms with Gasteiger partial charge in [0.2, 0.25) is 0 Å². The zero-order valence-electron chi connectivity index (χ0n) is 13.0. The van der Waals surface area contributed by atoms with Crippen LogP contribution in [0.25, 0.3) is 0 Å². The molecule has 2 atom stereocenters. The van der Waals surface area contributed by atoms with Crippen molar-refractivity contribution in [3.63, 3.8) is 0 Å². The van der Waals surface area contributed by atoms with E-state index in [1.165, 1.54) is 70.6 Å². The Balaban J connectivity index is 2.05. The smallest absolute Gasteiger partial charge is 0.00694 e. The molecule has 1 N–H and O–H groups in total. The summed E-state index contributed by atoms with van der Waals surface area (Å²) in [5, 5.41) is 3.84. The molecule has 18 heavy (non-hydrogen) atoms. The molecule has 0 spiro atoms. The lowest BCUT2D eigenvalue weighted by molar-refractivity contribution is 0.263. The van der Waals surface area contributed by atoms with Gasteiger partial charge in [0, 0.05) is 12.1 Å². The third-order valence-corrected chi connectivity index (χ3v) is 4.65. The molecule has 1 fully saturated rings. The molecule has 1 rings (SSSR count). The molecule has 0 aromatic heterocycles. The summed E-state index contributed by atoms with van der Waals surface area (Å²) >= 11 is 0. The Labute approximate surface area is 115 Å². The van der Waals surface area contributed by atoms with E-state index in [2.05, 4.69) is 26.1 Å². The number of rotatable bonds is 9. The van der Waals surface area contributed by atoms with Gasteiger partial charge < -0.3 is 5.32 Å². The van der Waals surface area contributed by atoms with Crippen LogP contribution in [0.1, 0.15) is 91.4 Å². The fourth-order valence-corrected chi connectivity index (χ4v) is 3.36. The Kier molecular flexibility index (Phi) is 8.75. The van der Waals surface area contributed by atoms with Crippen molar-refractivity contribution in [2.45, 2.75) is 103 Å². The van der Waals surface area contributed by atoms with Gasteiger partial charge in [0.15, 0.2) is 0 Å². The molecular formula is C17H35N. The van der Waals surface area contributed by atoms with Gasteiger partial charge in [-0.2, -0.15) is 0 Å². The zero-order chi connectivity index (χ0) is 13.2. The molecular weight excluding hydrogens is 218 g/mol. The maximum Gasteiger partial charge on any atom is 0.00694 e. The van der Waals surface area contributed by atoms with Crippen LogP contribution in [-0.2, 0) is 0 Å². The van der Waals surface area contributed by atoms with E-state index in [9.17, 15) is 0 Å². The number of nitrogens with one attached hydrogen (secondary N) is 1. The van der Waals surface area contributed by atoms with Gasteiger partial charge in [0.25, 0.3) is 0 Å². The van der Waals surface area contributed by atoms with E-state index in [1.807, 2.05) is 0 Å².